The molecule has 0 radical (unpaired) electrons. The lowest BCUT2D eigenvalue weighted by Crippen LogP contribution is -2.49. The van der Waals surface area contributed by atoms with Crippen LogP contribution in [0.25, 0.3) is 0 Å². The Labute approximate surface area is 114 Å². The van der Waals surface area contributed by atoms with Crippen LogP contribution in [0, 0.1) is 11.3 Å². The number of carbonyl (C=O) groups excluding carboxylic acids is 1. The Bertz CT molecular complexity index is 466. The largest absolute Gasteiger partial charge is 0.325 e. The van der Waals surface area contributed by atoms with Crippen LogP contribution >= 0.6 is 0 Å². The predicted molar refractivity (Wildman–Crippen MR) is 74.5 cm³/mol. The number of carbonyl (C=O) groups is 1. The number of anilines is 1. The first-order valence-corrected chi connectivity index (χ1v) is 6.73. The van der Waals surface area contributed by atoms with E-state index in [1.165, 1.54) is 0 Å². The van der Waals surface area contributed by atoms with Gasteiger partial charge >= 0.3 is 0 Å². The van der Waals surface area contributed by atoms with Crippen molar-refractivity contribution < 1.29 is 4.79 Å². The second kappa shape index (κ2) is 6.35. The van der Waals surface area contributed by atoms with Gasteiger partial charge in [0.15, 0.2) is 0 Å². The van der Waals surface area contributed by atoms with Gasteiger partial charge < -0.3 is 5.32 Å². The number of hydrogen-bond donors (Lipinski definition) is 1. The highest BCUT2D eigenvalue weighted by molar-refractivity contribution is 5.94. The van der Waals surface area contributed by atoms with E-state index in [1.54, 1.807) is 0 Å². The molecule has 1 fully saturated rings. The van der Waals surface area contributed by atoms with Gasteiger partial charge in [-0.25, -0.2) is 0 Å². The Hall–Kier alpha value is -1.86. The number of nitriles is 1. The standard InChI is InChI=1S/C15H19N3O/c1-12(18-10-6-5-9-14(18)11-16)15(19)17-13-7-3-2-4-8-13/h2-4,7-8,12,14H,5-6,9-10H2,1H3,(H,17,19). The molecular formula is C15H19N3O. The molecule has 100 valence electrons. The molecule has 1 aromatic rings. The molecule has 1 N–H and O–H groups in total. The fourth-order valence-electron chi connectivity index (χ4n) is 2.47. The lowest BCUT2D eigenvalue weighted by Gasteiger charge is -2.35. The van der Waals surface area contributed by atoms with Gasteiger partial charge in [0.05, 0.1) is 18.2 Å². The molecule has 4 nitrogen and oxygen atoms in total. The minimum Gasteiger partial charge on any atom is -0.325 e. The normalized spacial score (nSPS) is 21.4. The van der Waals surface area contributed by atoms with Gasteiger partial charge in [-0.2, -0.15) is 5.26 Å². The van der Waals surface area contributed by atoms with Crippen LogP contribution in [0.15, 0.2) is 30.3 Å². The molecule has 0 bridgehead atoms. The van der Waals surface area contributed by atoms with Crippen LogP contribution in [0.2, 0.25) is 0 Å². The number of rotatable bonds is 3. The van der Waals surface area contributed by atoms with Gasteiger partial charge in [-0.15, -0.1) is 0 Å². The highest BCUT2D eigenvalue weighted by Crippen LogP contribution is 2.20. The summed E-state index contributed by atoms with van der Waals surface area (Å²) in [5.41, 5.74) is 0.796. The van der Waals surface area contributed by atoms with Gasteiger partial charge in [-0.1, -0.05) is 18.2 Å². The van der Waals surface area contributed by atoms with Crippen LogP contribution < -0.4 is 5.32 Å². The molecular weight excluding hydrogens is 238 g/mol. The summed E-state index contributed by atoms with van der Waals surface area (Å²) in [5.74, 6) is -0.0478. The van der Waals surface area contributed by atoms with Crippen molar-refractivity contribution in [2.75, 3.05) is 11.9 Å². The summed E-state index contributed by atoms with van der Waals surface area (Å²) in [4.78, 5) is 14.2. The van der Waals surface area contributed by atoms with Crippen LogP contribution in [-0.2, 0) is 4.79 Å². The van der Waals surface area contributed by atoms with E-state index in [4.69, 9.17) is 5.26 Å². The van der Waals surface area contributed by atoms with Crippen LogP contribution in [-0.4, -0.2) is 29.4 Å². The lowest BCUT2D eigenvalue weighted by molar-refractivity contribution is -0.121. The van der Waals surface area contributed by atoms with Gasteiger partial charge in [0.25, 0.3) is 0 Å². The third kappa shape index (κ3) is 3.33. The number of hydrogen-bond acceptors (Lipinski definition) is 3. The fraction of sp³-hybridized carbons (Fsp3) is 0.467. The Morgan fingerprint density at radius 1 is 1.42 bits per heavy atom. The number of nitrogens with one attached hydrogen (secondary N) is 1. The van der Waals surface area contributed by atoms with E-state index in [1.807, 2.05) is 42.2 Å². The Kier molecular flexibility index (Phi) is 4.53. The van der Waals surface area contributed by atoms with Crippen molar-refractivity contribution in [1.29, 1.82) is 5.26 Å². The summed E-state index contributed by atoms with van der Waals surface area (Å²) in [6.45, 7) is 2.69. The van der Waals surface area contributed by atoms with Gasteiger partial charge in [-0.3, -0.25) is 9.69 Å². The molecule has 19 heavy (non-hydrogen) atoms. The molecule has 2 unspecified atom stereocenters. The maximum absolute atomic E-state index is 12.2. The van der Waals surface area contributed by atoms with Crippen LogP contribution in [0.3, 0.4) is 0 Å². The predicted octanol–water partition coefficient (Wildman–Crippen LogP) is 2.39. The molecule has 1 aromatic carbocycles. The van der Waals surface area contributed by atoms with Gasteiger partial charge in [0, 0.05) is 12.2 Å². The Morgan fingerprint density at radius 2 is 2.16 bits per heavy atom. The molecule has 1 heterocycles. The third-order valence-electron chi connectivity index (χ3n) is 3.61. The second-order valence-electron chi connectivity index (χ2n) is 4.91. The van der Waals surface area contributed by atoms with E-state index in [0.29, 0.717) is 0 Å². The second-order valence-corrected chi connectivity index (χ2v) is 4.91. The summed E-state index contributed by atoms with van der Waals surface area (Å²) < 4.78 is 0. The van der Waals surface area contributed by atoms with E-state index in [-0.39, 0.29) is 18.0 Å². The molecule has 0 aliphatic carbocycles. The summed E-state index contributed by atoms with van der Waals surface area (Å²) in [6, 6.07) is 11.3. The molecule has 1 aliphatic rings. The summed E-state index contributed by atoms with van der Waals surface area (Å²) in [5, 5.41) is 12.1. The topological polar surface area (TPSA) is 56.1 Å². The SMILES string of the molecule is CC(C(=O)Nc1ccccc1)N1CCCCC1C#N. The smallest absolute Gasteiger partial charge is 0.241 e. The van der Waals surface area contributed by atoms with Crippen LogP contribution in [0.1, 0.15) is 26.2 Å². The number of likely N-dealkylation sites (tertiary alicyclic amines) is 1. The summed E-state index contributed by atoms with van der Waals surface area (Å²) >= 11 is 0. The third-order valence-corrected chi connectivity index (χ3v) is 3.61. The minimum absolute atomic E-state index is 0.0478. The lowest BCUT2D eigenvalue weighted by atomic mass is 10.0. The maximum atomic E-state index is 12.2. The molecule has 4 heteroatoms. The summed E-state index contributed by atoms with van der Waals surface area (Å²) in [6.07, 6.45) is 2.99. The van der Waals surface area contributed by atoms with Crippen molar-refractivity contribution in [2.24, 2.45) is 0 Å². The molecule has 0 spiro atoms. The molecule has 0 aromatic heterocycles. The summed E-state index contributed by atoms with van der Waals surface area (Å²) in [7, 11) is 0. The van der Waals surface area contributed by atoms with Crippen molar-refractivity contribution in [3.63, 3.8) is 0 Å². The highest BCUT2D eigenvalue weighted by atomic mass is 16.2. The van der Waals surface area contributed by atoms with E-state index in [2.05, 4.69) is 11.4 Å². The van der Waals surface area contributed by atoms with Crippen LogP contribution in [0.5, 0.6) is 0 Å². The minimum atomic E-state index is -0.273. The molecule has 2 atom stereocenters. The van der Waals surface area contributed by atoms with Gasteiger partial charge in [0.1, 0.15) is 0 Å². The molecule has 1 amide bonds. The quantitative estimate of drug-likeness (QED) is 0.904. The highest BCUT2D eigenvalue weighted by Gasteiger charge is 2.30. The number of amides is 1. The molecule has 2 rings (SSSR count). The molecule has 1 saturated heterocycles. The molecule has 1 aliphatic heterocycles. The van der Waals surface area contributed by atoms with E-state index < -0.39 is 0 Å². The number of para-hydroxylation sites is 1. The molecule has 0 saturated carbocycles. The van der Waals surface area contributed by atoms with Gasteiger partial charge in [-0.05, 0) is 38.3 Å². The van der Waals surface area contributed by atoms with Crippen molar-refractivity contribution in [3.8, 4) is 6.07 Å². The number of piperidine rings is 1. The van der Waals surface area contributed by atoms with Crippen molar-refractivity contribution in [2.45, 2.75) is 38.3 Å². The number of benzene rings is 1. The monoisotopic (exact) mass is 257 g/mol. The van der Waals surface area contributed by atoms with E-state index in [0.717, 1.165) is 31.5 Å². The zero-order chi connectivity index (χ0) is 13.7. The average Bonchev–Trinajstić information content (AvgIpc) is 2.47. The average molecular weight is 257 g/mol. The Balaban J connectivity index is 2.00. The first-order valence-electron chi connectivity index (χ1n) is 6.73. The van der Waals surface area contributed by atoms with Crippen LogP contribution in [0.4, 0.5) is 5.69 Å². The first kappa shape index (κ1) is 13.6. The van der Waals surface area contributed by atoms with E-state index in [9.17, 15) is 4.79 Å². The Morgan fingerprint density at radius 3 is 2.84 bits per heavy atom. The zero-order valence-electron chi connectivity index (χ0n) is 11.2. The zero-order valence-corrected chi connectivity index (χ0v) is 11.2. The number of nitrogens with zero attached hydrogens (tertiary/aromatic N) is 2. The van der Waals surface area contributed by atoms with Crippen molar-refractivity contribution in [3.05, 3.63) is 30.3 Å². The van der Waals surface area contributed by atoms with Crippen molar-refractivity contribution >= 4 is 11.6 Å². The van der Waals surface area contributed by atoms with Crippen molar-refractivity contribution in [1.82, 2.24) is 4.90 Å². The first-order chi connectivity index (χ1) is 9.22. The fourth-order valence-corrected chi connectivity index (χ4v) is 2.47. The van der Waals surface area contributed by atoms with E-state index >= 15 is 0 Å². The van der Waals surface area contributed by atoms with Gasteiger partial charge in [0.2, 0.25) is 5.91 Å². The maximum Gasteiger partial charge on any atom is 0.241 e.